The third-order valence-corrected chi connectivity index (χ3v) is 4.27. The molecule has 2 aliphatic heterocycles. The number of piperazine rings is 1. The SMILES string of the molecule is N#Cc1cc(CN2CCN3CCCCC3C2)ccn1. The second-order valence-electron chi connectivity index (χ2n) is 5.58. The highest BCUT2D eigenvalue weighted by Gasteiger charge is 2.28. The highest BCUT2D eigenvalue weighted by Crippen LogP contribution is 2.22. The summed E-state index contributed by atoms with van der Waals surface area (Å²) in [6, 6.07) is 6.79. The number of nitriles is 1. The van der Waals surface area contributed by atoms with E-state index in [2.05, 4.69) is 20.9 Å². The molecule has 0 radical (unpaired) electrons. The Hall–Kier alpha value is -1.44. The molecule has 4 heteroatoms. The average molecular weight is 256 g/mol. The van der Waals surface area contributed by atoms with Gasteiger partial charge in [0.2, 0.25) is 0 Å². The fraction of sp³-hybridized carbons (Fsp3) is 0.600. The van der Waals surface area contributed by atoms with Crippen LogP contribution in [0.3, 0.4) is 0 Å². The van der Waals surface area contributed by atoms with E-state index in [1.54, 1.807) is 6.20 Å². The maximum Gasteiger partial charge on any atom is 0.140 e. The standard InChI is InChI=1S/C15H20N4/c16-10-14-9-13(4-5-17-14)11-18-7-8-19-6-2-1-3-15(19)12-18/h4-5,9,15H,1-3,6-8,11-12H2. The zero-order valence-electron chi connectivity index (χ0n) is 11.3. The highest BCUT2D eigenvalue weighted by molar-refractivity contribution is 5.25. The van der Waals surface area contributed by atoms with Crippen molar-refractivity contribution in [1.29, 1.82) is 5.26 Å². The van der Waals surface area contributed by atoms with E-state index >= 15 is 0 Å². The van der Waals surface area contributed by atoms with Crippen LogP contribution in [0.2, 0.25) is 0 Å². The van der Waals surface area contributed by atoms with Crippen LogP contribution in [0.5, 0.6) is 0 Å². The van der Waals surface area contributed by atoms with Crippen LogP contribution in [0.4, 0.5) is 0 Å². The Labute approximate surface area is 114 Å². The van der Waals surface area contributed by atoms with Gasteiger partial charge in [-0.3, -0.25) is 9.80 Å². The van der Waals surface area contributed by atoms with Crippen molar-refractivity contribution in [3.05, 3.63) is 29.6 Å². The first-order valence-electron chi connectivity index (χ1n) is 7.16. The molecule has 1 atom stereocenters. The van der Waals surface area contributed by atoms with Crippen LogP contribution in [-0.2, 0) is 6.54 Å². The summed E-state index contributed by atoms with van der Waals surface area (Å²) in [6.07, 6.45) is 5.83. The summed E-state index contributed by atoms with van der Waals surface area (Å²) in [6.45, 7) is 5.74. The molecule has 2 saturated heterocycles. The normalized spacial score (nSPS) is 24.7. The number of hydrogen-bond donors (Lipinski definition) is 0. The second-order valence-corrected chi connectivity index (χ2v) is 5.58. The van der Waals surface area contributed by atoms with Gasteiger partial charge in [0.1, 0.15) is 11.8 Å². The predicted octanol–water partition coefficient (Wildman–Crippen LogP) is 1.62. The molecule has 3 rings (SSSR count). The molecule has 4 nitrogen and oxygen atoms in total. The third kappa shape index (κ3) is 2.94. The van der Waals surface area contributed by atoms with Gasteiger partial charge in [0.25, 0.3) is 0 Å². The fourth-order valence-electron chi connectivity index (χ4n) is 3.26. The molecule has 1 aromatic rings. The first-order chi connectivity index (χ1) is 9.35. The first kappa shape index (κ1) is 12.6. The number of hydrogen-bond acceptors (Lipinski definition) is 4. The van der Waals surface area contributed by atoms with Gasteiger partial charge in [-0.05, 0) is 37.1 Å². The fourth-order valence-corrected chi connectivity index (χ4v) is 3.26. The van der Waals surface area contributed by atoms with Crippen LogP contribution in [0.1, 0.15) is 30.5 Å². The summed E-state index contributed by atoms with van der Waals surface area (Å²) >= 11 is 0. The van der Waals surface area contributed by atoms with Gasteiger partial charge >= 0.3 is 0 Å². The quantitative estimate of drug-likeness (QED) is 0.806. The van der Waals surface area contributed by atoms with Crippen molar-refractivity contribution in [3.63, 3.8) is 0 Å². The van der Waals surface area contributed by atoms with Gasteiger partial charge in [0.15, 0.2) is 0 Å². The minimum Gasteiger partial charge on any atom is -0.298 e. The zero-order valence-corrected chi connectivity index (χ0v) is 11.3. The first-order valence-corrected chi connectivity index (χ1v) is 7.16. The molecule has 19 heavy (non-hydrogen) atoms. The number of nitrogens with zero attached hydrogens (tertiary/aromatic N) is 4. The van der Waals surface area contributed by atoms with Gasteiger partial charge in [-0.15, -0.1) is 0 Å². The molecule has 0 spiro atoms. The summed E-state index contributed by atoms with van der Waals surface area (Å²) in [5.74, 6) is 0. The van der Waals surface area contributed by atoms with Gasteiger partial charge in [-0.1, -0.05) is 6.42 Å². The number of rotatable bonds is 2. The Bertz CT molecular complexity index is 479. The molecule has 0 aromatic carbocycles. The Morgan fingerprint density at radius 1 is 1.32 bits per heavy atom. The van der Waals surface area contributed by atoms with Crippen molar-refractivity contribution in [2.24, 2.45) is 0 Å². The van der Waals surface area contributed by atoms with E-state index in [1.807, 2.05) is 12.1 Å². The van der Waals surface area contributed by atoms with Crippen molar-refractivity contribution in [3.8, 4) is 6.07 Å². The molecule has 0 bridgehead atoms. The predicted molar refractivity (Wildman–Crippen MR) is 73.4 cm³/mol. The van der Waals surface area contributed by atoms with Crippen molar-refractivity contribution >= 4 is 0 Å². The molecular formula is C15H20N4. The van der Waals surface area contributed by atoms with Crippen LogP contribution < -0.4 is 0 Å². The minimum atomic E-state index is 0.522. The van der Waals surface area contributed by atoms with Gasteiger partial charge in [0.05, 0.1) is 0 Å². The lowest BCUT2D eigenvalue weighted by Crippen LogP contribution is -2.54. The lowest BCUT2D eigenvalue weighted by atomic mass is 9.99. The average Bonchev–Trinajstić information content (AvgIpc) is 2.47. The molecule has 2 fully saturated rings. The van der Waals surface area contributed by atoms with E-state index < -0.39 is 0 Å². The van der Waals surface area contributed by atoms with Gasteiger partial charge < -0.3 is 0 Å². The summed E-state index contributed by atoms with van der Waals surface area (Å²) in [4.78, 5) is 9.19. The third-order valence-electron chi connectivity index (χ3n) is 4.27. The van der Waals surface area contributed by atoms with E-state index in [9.17, 15) is 0 Å². The maximum absolute atomic E-state index is 8.89. The molecule has 1 aromatic heterocycles. The van der Waals surface area contributed by atoms with Crippen molar-refractivity contribution < 1.29 is 0 Å². The van der Waals surface area contributed by atoms with Crippen LogP contribution in [0.25, 0.3) is 0 Å². The van der Waals surface area contributed by atoms with Gasteiger partial charge in [-0.2, -0.15) is 5.26 Å². The molecular weight excluding hydrogens is 236 g/mol. The van der Waals surface area contributed by atoms with E-state index in [1.165, 1.54) is 44.5 Å². The monoisotopic (exact) mass is 256 g/mol. The lowest BCUT2D eigenvalue weighted by molar-refractivity contribution is 0.0457. The number of aromatic nitrogens is 1. The van der Waals surface area contributed by atoms with Crippen LogP contribution in [0.15, 0.2) is 18.3 Å². The Balaban J connectivity index is 1.62. The second kappa shape index (κ2) is 5.68. The van der Waals surface area contributed by atoms with Crippen LogP contribution >= 0.6 is 0 Å². The van der Waals surface area contributed by atoms with E-state index in [4.69, 9.17) is 5.26 Å². The highest BCUT2D eigenvalue weighted by atomic mass is 15.3. The molecule has 0 N–H and O–H groups in total. The molecule has 2 aliphatic rings. The minimum absolute atomic E-state index is 0.522. The smallest absolute Gasteiger partial charge is 0.140 e. The lowest BCUT2D eigenvalue weighted by Gasteiger charge is -2.44. The molecule has 1 unspecified atom stereocenters. The topological polar surface area (TPSA) is 43.2 Å². The Morgan fingerprint density at radius 2 is 2.26 bits per heavy atom. The van der Waals surface area contributed by atoms with E-state index in [0.29, 0.717) is 5.69 Å². The molecule has 3 heterocycles. The van der Waals surface area contributed by atoms with Crippen molar-refractivity contribution in [2.45, 2.75) is 31.8 Å². The van der Waals surface area contributed by atoms with E-state index in [0.717, 1.165) is 19.1 Å². The number of pyridine rings is 1. The summed E-state index contributed by atoms with van der Waals surface area (Å²) in [5, 5.41) is 8.89. The van der Waals surface area contributed by atoms with Crippen molar-refractivity contribution in [1.82, 2.24) is 14.8 Å². The summed E-state index contributed by atoms with van der Waals surface area (Å²) < 4.78 is 0. The number of fused-ring (bicyclic) bond motifs is 1. The molecule has 0 aliphatic carbocycles. The molecule has 100 valence electrons. The van der Waals surface area contributed by atoms with Crippen LogP contribution in [0, 0.1) is 11.3 Å². The zero-order chi connectivity index (χ0) is 13.1. The van der Waals surface area contributed by atoms with Crippen molar-refractivity contribution in [2.75, 3.05) is 26.2 Å². The van der Waals surface area contributed by atoms with Crippen LogP contribution in [-0.4, -0.2) is 47.0 Å². The summed E-state index contributed by atoms with van der Waals surface area (Å²) in [7, 11) is 0. The molecule has 0 saturated carbocycles. The maximum atomic E-state index is 8.89. The largest absolute Gasteiger partial charge is 0.298 e. The Morgan fingerprint density at radius 3 is 3.16 bits per heavy atom. The Kier molecular flexibility index (Phi) is 3.77. The summed E-state index contributed by atoms with van der Waals surface area (Å²) in [5.41, 5.74) is 1.73. The molecule has 0 amide bonds. The van der Waals surface area contributed by atoms with E-state index in [-0.39, 0.29) is 0 Å². The van der Waals surface area contributed by atoms with Gasteiger partial charge in [-0.25, -0.2) is 4.98 Å². The van der Waals surface area contributed by atoms with Gasteiger partial charge in [0, 0.05) is 38.4 Å². The number of piperidine rings is 1.